The molecule has 2 saturated heterocycles. The van der Waals surface area contributed by atoms with Gasteiger partial charge in [0.15, 0.2) is 17.2 Å². The molecular weight excluding hydrogens is 863 g/mol. The lowest BCUT2D eigenvalue weighted by Crippen LogP contribution is -2.30. The quantitative estimate of drug-likeness (QED) is 0.139. The molecule has 2 amide bonds. The number of amides is 2. The average molecular weight is 905 g/mol. The van der Waals surface area contributed by atoms with Gasteiger partial charge in [-0.25, -0.2) is 19.3 Å². The highest BCUT2D eigenvalue weighted by atomic mass is 35.5. The number of anilines is 2. The van der Waals surface area contributed by atoms with Crippen LogP contribution in [0.15, 0.2) is 67.1 Å². The van der Waals surface area contributed by atoms with Crippen LogP contribution in [0, 0.1) is 13.8 Å². The third kappa shape index (κ3) is 8.56. The highest BCUT2D eigenvalue weighted by Crippen LogP contribution is 2.39. The van der Waals surface area contributed by atoms with Crippen molar-refractivity contribution in [1.82, 2.24) is 43.9 Å². The van der Waals surface area contributed by atoms with Gasteiger partial charge in [-0.1, -0.05) is 56.1 Å². The number of hydrogen-bond acceptors (Lipinski definition) is 7. The van der Waals surface area contributed by atoms with E-state index in [1.54, 1.807) is 56.9 Å². The zero-order chi connectivity index (χ0) is 45.0. The van der Waals surface area contributed by atoms with Gasteiger partial charge < -0.3 is 14.0 Å². The summed E-state index contributed by atoms with van der Waals surface area (Å²) in [6.07, 6.45) is -4.94. The van der Waals surface area contributed by atoms with E-state index in [-0.39, 0.29) is 35.3 Å². The van der Waals surface area contributed by atoms with Crippen LogP contribution in [0.2, 0.25) is 10.0 Å². The molecule has 0 N–H and O–H groups in total. The van der Waals surface area contributed by atoms with Crippen LogP contribution in [-0.4, -0.2) is 68.8 Å². The molecule has 0 aliphatic carbocycles. The van der Waals surface area contributed by atoms with E-state index in [0.29, 0.717) is 47.5 Å². The Hall–Kier alpha value is -5.69. The predicted octanol–water partition coefficient (Wildman–Crippen LogP) is 9.70. The van der Waals surface area contributed by atoms with Crippen molar-refractivity contribution in [3.63, 3.8) is 0 Å². The Labute approximate surface area is 361 Å². The molecule has 0 saturated carbocycles. The van der Waals surface area contributed by atoms with E-state index in [0.717, 1.165) is 35.2 Å². The number of benzene rings is 2. The first-order valence-corrected chi connectivity index (χ1v) is 20.3. The van der Waals surface area contributed by atoms with Crippen molar-refractivity contribution in [2.24, 2.45) is 0 Å². The van der Waals surface area contributed by atoms with Crippen molar-refractivity contribution >= 4 is 46.5 Å². The Balaban J connectivity index is 0.000000186. The number of halogens is 8. The lowest BCUT2D eigenvalue weighted by molar-refractivity contribution is -0.141. The van der Waals surface area contributed by atoms with E-state index < -0.39 is 35.8 Å². The van der Waals surface area contributed by atoms with Gasteiger partial charge >= 0.3 is 12.4 Å². The maximum atomic E-state index is 13.2. The van der Waals surface area contributed by atoms with Crippen LogP contribution in [0.1, 0.15) is 98.9 Å². The molecule has 62 heavy (non-hydrogen) atoms. The molecule has 2 aliphatic heterocycles. The van der Waals surface area contributed by atoms with Gasteiger partial charge in [0.05, 0.1) is 34.6 Å². The molecule has 21 heteroatoms. The summed E-state index contributed by atoms with van der Waals surface area (Å²) in [6.45, 7) is 11.6. The molecule has 0 spiro atoms. The van der Waals surface area contributed by atoms with Crippen LogP contribution in [0.3, 0.4) is 0 Å². The summed E-state index contributed by atoms with van der Waals surface area (Å²) in [6, 6.07) is 12.8. The summed E-state index contributed by atoms with van der Waals surface area (Å²) in [5.74, 6) is 0.137. The Morgan fingerprint density at radius 2 is 1.08 bits per heavy atom. The first-order chi connectivity index (χ1) is 29.1. The fraction of sp³-hybridized carbons (Fsp3) is 0.390. The molecule has 2 aliphatic rings. The smallest absolute Gasteiger partial charge is 0.322 e. The van der Waals surface area contributed by atoms with Crippen molar-refractivity contribution in [3.05, 3.63) is 112 Å². The van der Waals surface area contributed by atoms with Crippen LogP contribution < -0.4 is 9.80 Å². The van der Waals surface area contributed by atoms with Gasteiger partial charge in [0.1, 0.15) is 23.7 Å². The van der Waals surface area contributed by atoms with E-state index in [4.69, 9.17) is 23.2 Å². The summed E-state index contributed by atoms with van der Waals surface area (Å²) in [5, 5.41) is 14.1. The minimum Gasteiger partial charge on any atom is -0.322 e. The third-order valence-electron chi connectivity index (χ3n) is 10.7. The summed E-state index contributed by atoms with van der Waals surface area (Å²) < 4.78 is 84.3. The van der Waals surface area contributed by atoms with Gasteiger partial charge in [0.2, 0.25) is 5.91 Å². The van der Waals surface area contributed by atoms with Crippen LogP contribution in [0.25, 0.3) is 11.4 Å². The minimum absolute atomic E-state index is 0.0145. The Morgan fingerprint density at radius 1 is 0.645 bits per heavy atom. The number of aryl methyl sites for hydroxylation is 2. The number of carbonyl (C=O) groups excluding carboxylic acids is 2. The summed E-state index contributed by atoms with van der Waals surface area (Å²) in [4.78, 5) is 36.7. The molecule has 0 radical (unpaired) electrons. The second-order valence-electron chi connectivity index (χ2n) is 15.5. The number of hydrogen-bond donors (Lipinski definition) is 0. The van der Waals surface area contributed by atoms with Crippen molar-refractivity contribution in [2.75, 3.05) is 22.9 Å². The molecule has 8 rings (SSSR count). The maximum Gasteiger partial charge on any atom is 0.434 e. The minimum atomic E-state index is -4.57. The molecular formula is C41H41Cl2F6N11O2. The third-order valence-corrected chi connectivity index (χ3v) is 11.2. The molecule has 328 valence electrons. The summed E-state index contributed by atoms with van der Waals surface area (Å²) >= 11 is 12.0. The topological polar surface area (TPSA) is 125 Å². The van der Waals surface area contributed by atoms with Gasteiger partial charge in [0.25, 0.3) is 5.91 Å². The Bertz CT molecular complexity index is 2410. The van der Waals surface area contributed by atoms with E-state index in [2.05, 4.69) is 25.4 Å². The largest absolute Gasteiger partial charge is 0.434 e. The lowest BCUT2D eigenvalue weighted by Gasteiger charge is -2.20. The number of carbonyl (C=O) groups is 2. The second kappa shape index (κ2) is 16.9. The molecule has 2 fully saturated rings. The van der Waals surface area contributed by atoms with Crippen molar-refractivity contribution < 1.29 is 35.9 Å². The van der Waals surface area contributed by atoms with Crippen LogP contribution >= 0.6 is 23.2 Å². The number of alkyl halides is 6. The van der Waals surface area contributed by atoms with Crippen LogP contribution in [-0.2, 0) is 21.9 Å². The van der Waals surface area contributed by atoms with Gasteiger partial charge in [-0.2, -0.15) is 31.4 Å². The van der Waals surface area contributed by atoms with Crippen LogP contribution in [0.4, 0.5) is 37.8 Å². The molecule has 2 atom stereocenters. The number of imidazole rings is 2. The standard InChI is InChI=1S/C21H21ClF3N5O.C20H20ClF3N6O/c1-12(2)19-17(10-26-30(19)15-6-4-14(22)5-7-15)28-9-8-16(20(28)31)29-11-18(21(23,24)25)27-13(29)3;1-11(2)17-18(26-27-30(17)14-6-4-13(21)5-7-14)28-9-8-15(19(28)31)29-10-16(20(22,23)24)25-12(29)3/h4-7,10-12,16H,8-9H2,1-3H3;4-7,10-11,15H,8-9H2,1-3H3/t16-;15-/m00/s1. The molecule has 6 heterocycles. The normalized spacial score (nSPS) is 17.2. The van der Waals surface area contributed by atoms with Gasteiger partial charge in [-0.3, -0.25) is 14.5 Å². The molecule has 0 bridgehead atoms. The zero-order valence-electron chi connectivity index (χ0n) is 34.2. The number of nitrogens with zero attached hydrogens (tertiary/aromatic N) is 11. The number of aromatic nitrogens is 9. The fourth-order valence-corrected chi connectivity index (χ4v) is 8.06. The Morgan fingerprint density at radius 3 is 1.52 bits per heavy atom. The van der Waals surface area contributed by atoms with Gasteiger partial charge in [0, 0.05) is 35.5 Å². The molecule has 13 nitrogen and oxygen atoms in total. The molecule has 0 unspecified atom stereocenters. The lowest BCUT2D eigenvalue weighted by atomic mass is 10.1. The SMILES string of the molecule is Cc1nc(C(F)(F)F)cn1[C@H]1CCN(c2cnn(-c3ccc(Cl)cc3)c2C(C)C)C1=O.Cc1nc(C(F)(F)F)cn1[C@H]1CCN(c2nnn(-c3ccc(Cl)cc3)c2C(C)C)C1=O. The highest BCUT2D eigenvalue weighted by Gasteiger charge is 2.42. The van der Waals surface area contributed by atoms with E-state index >= 15 is 0 Å². The zero-order valence-corrected chi connectivity index (χ0v) is 35.8. The van der Waals surface area contributed by atoms with E-state index in [9.17, 15) is 35.9 Å². The molecule has 6 aromatic rings. The van der Waals surface area contributed by atoms with Crippen LogP contribution in [0.5, 0.6) is 0 Å². The van der Waals surface area contributed by atoms with Crippen molar-refractivity contribution in [3.8, 4) is 11.4 Å². The maximum absolute atomic E-state index is 13.2. The first kappa shape index (κ1) is 44.4. The fourth-order valence-electron chi connectivity index (χ4n) is 7.81. The van der Waals surface area contributed by atoms with Crippen molar-refractivity contribution in [2.45, 2.75) is 90.7 Å². The monoisotopic (exact) mass is 903 g/mol. The average Bonchev–Trinajstić information content (AvgIpc) is 4.05. The number of rotatable bonds is 8. The first-order valence-electron chi connectivity index (χ1n) is 19.6. The Kier molecular flexibility index (Phi) is 12.1. The highest BCUT2D eigenvalue weighted by molar-refractivity contribution is 6.30. The molecule has 4 aromatic heterocycles. The van der Waals surface area contributed by atoms with E-state index in [1.165, 1.54) is 27.9 Å². The predicted molar refractivity (Wildman–Crippen MR) is 219 cm³/mol. The van der Waals surface area contributed by atoms with Gasteiger partial charge in [-0.15, -0.1) is 5.10 Å². The van der Waals surface area contributed by atoms with E-state index in [1.807, 2.05) is 39.8 Å². The van der Waals surface area contributed by atoms with Gasteiger partial charge in [-0.05, 0) is 87.1 Å². The van der Waals surface area contributed by atoms with Crippen molar-refractivity contribution in [1.29, 1.82) is 0 Å². The summed E-state index contributed by atoms with van der Waals surface area (Å²) in [7, 11) is 0. The second-order valence-corrected chi connectivity index (χ2v) is 16.4. The summed E-state index contributed by atoms with van der Waals surface area (Å²) in [5.41, 5.74) is 1.79. The molecule has 2 aromatic carbocycles.